The van der Waals surface area contributed by atoms with Crippen LogP contribution in [0.3, 0.4) is 0 Å². The first-order valence-corrected chi connectivity index (χ1v) is 9.72. The second kappa shape index (κ2) is 7.60. The maximum atomic E-state index is 12.8. The molecule has 0 saturated carbocycles. The summed E-state index contributed by atoms with van der Waals surface area (Å²) in [5, 5.41) is 0. The molecule has 0 amide bonds. The van der Waals surface area contributed by atoms with E-state index in [1.807, 2.05) is 24.3 Å². The average molecular weight is 432 g/mol. The van der Waals surface area contributed by atoms with Crippen molar-refractivity contribution in [1.82, 2.24) is 0 Å². The Bertz CT molecular complexity index is 792. The molecular formula is C21H21IO2. The molecule has 2 aromatic rings. The van der Waals surface area contributed by atoms with Crippen molar-refractivity contribution in [3.05, 3.63) is 67.8 Å². The Labute approximate surface area is 156 Å². The van der Waals surface area contributed by atoms with Gasteiger partial charge in [0.15, 0.2) is 11.6 Å². The van der Waals surface area contributed by atoms with Gasteiger partial charge < -0.3 is 0 Å². The quantitative estimate of drug-likeness (QED) is 0.377. The molecule has 0 bridgehead atoms. The van der Waals surface area contributed by atoms with Crippen molar-refractivity contribution in [3.63, 3.8) is 0 Å². The highest BCUT2D eigenvalue weighted by atomic mass is 127. The minimum atomic E-state index is -0.0346. The molecule has 1 aliphatic rings. The molecule has 0 aliphatic heterocycles. The normalized spacial score (nSPS) is 12.9. The average Bonchev–Trinajstić information content (AvgIpc) is 2.60. The van der Waals surface area contributed by atoms with E-state index in [-0.39, 0.29) is 11.6 Å². The monoisotopic (exact) mass is 432 g/mol. The van der Waals surface area contributed by atoms with Gasteiger partial charge in [-0.3, -0.25) is 9.59 Å². The minimum Gasteiger partial charge on any atom is -0.289 e. The van der Waals surface area contributed by atoms with Crippen LogP contribution in [0.5, 0.6) is 0 Å². The number of rotatable bonds is 6. The molecule has 0 spiro atoms. The zero-order chi connectivity index (χ0) is 17.1. The second-order valence-electron chi connectivity index (χ2n) is 6.36. The summed E-state index contributed by atoms with van der Waals surface area (Å²) in [5.41, 5.74) is 3.37. The van der Waals surface area contributed by atoms with Gasteiger partial charge in [-0.05, 0) is 53.1 Å². The highest BCUT2D eigenvalue weighted by molar-refractivity contribution is 14.1. The molecule has 24 heavy (non-hydrogen) atoms. The number of benzene rings is 2. The Hall–Kier alpha value is -1.49. The molecule has 3 rings (SSSR count). The van der Waals surface area contributed by atoms with Crippen molar-refractivity contribution in [2.75, 3.05) is 0 Å². The van der Waals surface area contributed by atoms with Crippen LogP contribution in [0, 0.1) is 3.57 Å². The summed E-state index contributed by atoms with van der Waals surface area (Å²) < 4.78 is 1.09. The van der Waals surface area contributed by atoms with E-state index in [0.717, 1.165) is 16.4 Å². The molecule has 0 N–H and O–H groups in total. The topological polar surface area (TPSA) is 34.1 Å². The third-order valence-corrected chi connectivity index (χ3v) is 5.65. The Morgan fingerprint density at radius 2 is 1.38 bits per heavy atom. The van der Waals surface area contributed by atoms with Crippen molar-refractivity contribution in [2.45, 2.75) is 45.4 Å². The van der Waals surface area contributed by atoms with Crippen LogP contribution in [0.25, 0.3) is 0 Å². The van der Waals surface area contributed by atoms with E-state index in [0.29, 0.717) is 22.3 Å². The zero-order valence-corrected chi connectivity index (χ0v) is 16.1. The third kappa shape index (κ3) is 3.32. The molecule has 2 aromatic carbocycles. The van der Waals surface area contributed by atoms with Crippen molar-refractivity contribution in [1.29, 1.82) is 0 Å². The number of carbonyl (C=O) groups excluding carboxylic acids is 2. The van der Waals surface area contributed by atoms with Crippen LogP contribution in [0.15, 0.2) is 36.4 Å². The van der Waals surface area contributed by atoms with Gasteiger partial charge in [-0.15, -0.1) is 0 Å². The lowest BCUT2D eigenvalue weighted by molar-refractivity contribution is 0.0979. The fourth-order valence-corrected chi connectivity index (χ4v) is 4.01. The molecular weight excluding hydrogens is 411 g/mol. The van der Waals surface area contributed by atoms with Crippen LogP contribution >= 0.6 is 22.6 Å². The first kappa shape index (κ1) is 17.3. The number of carbonyl (C=O) groups is 2. The minimum absolute atomic E-state index is 0.0242. The number of hydrogen-bond acceptors (Lipinski definition) is 2. The molecule has 0 atom stereocenters. The van der Waals surface area contributed by atoms with Gasteiger partial charge in [0.2, 0.25) is 0 Å². The zero-order valence-electron chi connectivity index (χ0n) is 13.9. The molecule has 3 heteroatoms. The van der Waals surface area contributed by atoms with Crippen molar-refractivity contribution < 1.29 is 9.59 Å². The van der Waals surface area contributed by atoms with Gasteiger partial charge in [-0.25, -0.2) is 0 Å². The number of aryl methyl sites for hydroxylation is 1. The van der Waals surface area contributed by atoms with Crippen molar-refractivity contribution >= 4 is 34.2 Å². The lowest BCUT2D eigenvalue weighted by atomic mass is 9.83. The van der Waals surface area contributed by atoms with Gasteiger partial charge >= 0.3 is 0 Å². The lowest BCUT2D eigenvalue weighted by Gasteiger charge is -2.19. The molecule has 0 heterocycles. The molecule has 0 radical (unpaired) electrons. The van der Waals surface area contributed by atoms with E-state index < -0.39 is 0 Å². The Morgan fingerprint density at radius 3 is 2.00 bits per heavy atom. The fraction of sp³-hybridized carbons (Fsp3) is 0.333. The highest BCUT2D eigenvalue weighted by Gasteiger charge is 2.30. The number of halogens is 1. The maximum Gasteiger partial charge on any atom is 0.194 e. The summed E-state index contributed by atoms with van der Waals surface area (Å²) in [6.45, 7) is 2.22. The Kier molecular flexibility index (Phi) is 5.49. The van der Waals surface area contributed by atoms with Crippen LogP contribution < -0.4 is 0 Å². The van der Waals surface area contributed by atoms with Gasteiger partial charge in [0, 0.05) is 25.8 Å². The Balaban J connectivity index is 1.87. The van der Waals surface area contributed by atoms with Gasteiger partial charge in [0.05, 0.1) is 0 Å². The Morgan fingerprint density at radius 1 is 0.792 bits per heavy atom. The summed E-state index contributed by atoms with van der Waals surface area (Å²) in [4.78, 5) is 25.5. The van der Waals surface area contributed by atoms with Crippen LogP contribution in [-0.4, -0.2) is 11.6 Å². The molecule has 1 aliphatic carbocycles. The van der Waals surface area contributed by atoms with E-state index in [4.69, 9.17) is 0 Å². The fourth-order valence-electron chi connectivity index (χ4n) is 3.27. The summed E-state index contributed by atoms with van der Waals surface area (Å²) >= 11 is 2.29. The first-order chi connectivity index (χ1) is 11.6. The van der Waals surface area contributed by atoms with Crippen molar-refractivity contribution in [2.24, 2.45) is 0 Å². The first-order valence-electron chi connectivity index (χ1n) is 8.64. The summed E-state index contributed by atoms with van der Waals surface area (Å²) in [6, 6.07) is 11.0. The smallest absolute Gasteiger partial charge is 0.194 e. The SMILES string of the molecule is CCCCCCCc1cc2c(cc1I)C(=O)c1ccccc1C2=O. The molecule has 0 aromatic heterocycles. The van der Waals surface area contributed by atoms with Gasteiger partial charge in [-0.1, -0.05) is 56.9 Å². The van der Waals surface area contributed by atoms with E-state index in [9.17, 15) is 9.59 Å². The number of unbranched alkanes of at least 4 members (excludes halogenated alkanes) is 4. The number of fused-ring (bicyclic) bond motifs is 2. The highest BCUT2D eigenvalue weighted by Crippen LogP contribution is 2.30. The third-order valence-electron chi connectivity index (χ3n) is 4.64. The van der Waals surface area contributed by atoms with E-state index in [2.05, 4.69) is 29.5 Å². The molecule has 2 nitrogen and oxygen atoms in total. The molecule has 0 unspecified atom stereocenters. The summed E-state index contributed by atoms with van der Waals surface area (Å²) in [6.07, 6.45) is 7.11. The molecule has 0 fully saturated rings. The van der Waals surface area contributed by atoms with Gasteiger partial charge in [-0.2, -0.15) is 0 Å². The summed E-state index contributed by atoms with van der Waals surface area (Å²) in [7, 11) is 0. The largest absolute Gasteiger partial charge is 0.289 e. The predicted octanol–water partition coefficient (Wildman–Crippen LogP) is 5.58. The van der Waals surface area contributed by atoms with E-state index in [1.54, 1.807) is 12.1 Å². The number of ketones is 2. The van der Waals surface area contributed by atoms with E-state index >= 15 is 0 Å². The summed E-state index contributed by atoms with van der Waals surface area (Å²) in [5.74, 6) is -0.0588. The number of hydrogen-bond donors (Lipinski definition) is 0. The molecule has 124 valence electrons. The molecule has 0 saturated heterocycles. The maximum absolute atomic E-state index is 12.8. The standard InChI is InChI=1S/C21H21IO2/c1-2-3-4-5-6-9-14-12-17-18(13-19(14)22)21(24)16-11-8-7-10-15(16)20(17)23/h7-8,10-13H,2-6,9H2,1H3. The van der Waals surface area contributed by atoms with Crippen LogP contribution in [0.1, 0.15) is 76.4 Å². The predicted molar refractivity (Wildman–Crippen MR) is 105 cm³/mol. The second-order valence-corrected chi connectivity index (χ2v) is 7.52. The van der Waals surface area contributed by atoms with Crippen molar-refractivity contribution in [3.8, 4) is 0 Å². The van der Waals surface area contributed by atoms with Gasteiger partial charge in [0.25, 0.3) is 0 Å². The van der Waals surface area contributed by atoms with Crippen LogP contribution in [-0.2, 0) is 6.42 Å². The lowest BCUT2D eigenvalue weighted by Crippen LogP contribution is -2.21. The van der Waals surface area contributed by atoms with Crippen LogP contribution in [0.4, 0.5) is 0 Å². The van der Waals surface area contributed by atoms with Crippen LogP contribution in [0.2, 0.25) is 0 Å². The van der Waals surface area contributed by atoms with E-state index in [1.165, 1.54) is 31.2 Å². The van der Waals surface area contributed by atoms with Gasteiger partial charge in [0.1, 0.15) is 0 Å².